The molecule has 4 heteroatoms. The smallest absolute Gasteiger partial charge is 0.227 e. The van der Waals surface area contributed by atoms with Crippen LogP contribution in [0.3, 0.4) is 0 Å². The molecule has 1 aliphatic carbocycles. The van der Waals surface area contributed by atoms with Crippen molar-refractivity contribution in [3.05, 3.63) is 24.5 Å². The highest BCUT2D eigenvalue weighted by Crippen LogP contribution is 2.33. The van der Waals surface area contributed by atoms with Crippen LogP contribution in [-0.2, 0) is 4.79 Å². The molecule has 1 unspecified atom stereocenters. The van der Waals surface area contributed by atoms with E-state index in [1.165, 1.54) is 0 Å². The minimum absolute atomic E-state index is 0.144. The van der Waals surface area contributed by atoms with Crippen LogP contribution >= 0.6 is 0 Å². The Morgan fingerprint density at radius 3 is 2.58 bits per heavy atom. The molecule has 1 amide bonds. The lowest BCUT2D eigenvalue weighted by Gasteiger charge is -2.31. The van der Waals surface area contributed by atoms with Crippen molar-refractivity contribution in [2.45, 2.75) is 32.6 Å². The third-order valence-electron chi connectivity index (χ3n) is 4.27. The highest BCUT2D eigenvalue weighted by atomic mass is 16.1. The number of nitrogens with one attached hydrogen (secondary N) is 1. The Hall–Kier alpha value is -1.42. The molecule has 0 aromatic carbocycles. The van der Waals surface area contributed by atoms with Gasteiger partial charge >= 0.3 is 0 Å². The van der Waals surface area contributed by atoms with Crippen molar-refractivity contribution >= 4 is 11.6 Å². The average Bonchev–Trinajstić information content (AvgIpc) is 2.47. The molecule has 1 saturated carbocycles. The van der Waals surface area contributed by atoms with Crippen LogP contribution in [0.2, 0.25) is 0 Å². The Labute approximate surface area is 114 Å². The normalized spacial score (nSPS) is 24.7. The summed E-state index contributed by atoms with van der Waals surface area (Å²) in [5.74, 6) is 1.55. The van der Waals surface area contributed by atoms with E-state index in [1.54, 1.807) is 12.4 Å². The SMILES string of the molecule is CC(CN)[C@H]1CC[C@H](C(=O)Nc2ccncc2)CC1. The van der Waals surface area contributed by atoms with E-state index in [0.29, 0.717) is 11.8 Å². The van der Waals surface area contributed by atoms with Crippen molar-refractivity contribution in [3.8, 4) is 0 Å². The molecule has 0 radical (unpaired) electrons. The van der Waals surface area contributed by atoms with Gasteiger partial charge < -0.3 is 11.1 Å². The number of nitrogens with zero attached hydrogens (tertiary/aromatic N) is 1. The molecule has 2 rings (SSSR count). The van der Waals surface area contributed by atoms with Crippen LogP contribution in [0, 0.1) is 17.8 Å². The molecule has 0 saturated heterocycles. The first-order chi connectivity index (χ1) is 9.20. The van der Waals surface area contributed by atoms with Gasteiger partial charge in [-0.25, -0.2) is 0 Å². The lowest BCUT2D eigenvalue weighted by molar-refractivity contribution is -0.121. The molecule has 0 aliphatic heterocycles. The van der Waals surface area contributed by atoms with Crippen LogP contribution in [-0.4, -0.2) is 17.4 Å². The Bertz CT molecular complexity index is 399. The van der Waals surface area contributed by atoms with E-state index in [-0.39, 0.29) is 11.8 Å². The second-order valence-corrected chi connectivity index (χ2v) is 5.55. The summed E-state index contributed by atoms with van der Waals surface area (Å²) >= 11 is 0. The molecule has 3 N–H and O–H groups in total. The molecule has 1 aromatic rings. The number of hydrogen-bond donors (Lipinski definition) is 2. The van der Waals surface area contributed by atoms with Gasteiger partial charge in [0.05, 0.1) is 0 Å². The second-order valence-electron chi connectivity index (χ2n) is 5.55. The van der Waals surface area contributed by atoms with Crippen molar-refractivity contribution in [1.29, 1.82) is 0 Å². The number of nitrogens with two attached hydrogens (primary N) is 1. The minimum atomic E-state index is 0.144. The van der Waals surface area contributed by atoms with Crippen molar-refractivity contribution in [1.82, 2.24) is 4.98 Å². The molecule has 19 heavy (non-hydrogen) atoms. The van der Waals surface area contributed by atoms with Gasteiger partial charge in [-0.15, -0.1) is 0 Å². The fraction of sp³-hybridized carbons (Fsp3) is 0.600. The van der Waals surface area contributed by atoms with Gasteiger partial charge in [-0.1, -0.05) is 6.92 Å². The summed E-state index contributed by atoms with van der Waals surface area (Å²) in [5.41, 5.74) is 6.55. The van der Waals surface area contributed by atoms with Gasteiger partial charge in [0.15, 0.2) is 0 Å². The van der Waals surface area contributed by atoms with Crippen LogP contribution in [0.4, 0.5) is 5.69 Å². The minimum Gasteiger partial charge on any atom is -0.330 e. The number of aromatic nitrogens is 1. The van der Waals surface area contributed by atoms with Gasteiger partial charge in [0, 0.05) is 24.0 Å². The van der Waals surface area contributed by atoms with Gasteiger partial charge in [0.2, 0.25) is 5.91 Å². The monoisotopic (exact) mass is 261 g/mol. The zero-order valence-electron chi connectivity index (χ0n) is 11.5. The number of carbonyl (C=O) groups is 1. The fourth-order valence-corrected chi connectivity index (χ4v) is 2.82. The Kier molecular flexibility index (Phi) is 4.91. The highest BCUT2D eigenvalue weighted by Gasteiger charge is 2.28. The number of hydrogen-bond acceptors (Lipinski definition) is 3. The quantitative estimate of drug-likeness (QED) is 0.874. The second kappa shape index (κ2) is 6.66. The molecule has 1 atom stereocenters. The standard InChI is InChI=1S/C15H23N3O/c1-11(10-16)12-2-4-13(5-3-12)15(19)18-14-6-8-17-9-7-14/h6-9,11-13H,2-5,10,16H2,1H3,(H,17,18,19)/t11?,12-,13-. The number of anilines is 1. The Balaban J connectivity index is 1.83. The molecule has 4 nitrogen and oxygen atoms in total. The number of amides is 1. The summed E-state index contributed by atoms with van der Waals surface area (Å²) in [5, 5.41) is 2.97. The molecule has 1 heterocycles. The average molecular weight is 261 g/mol. The summed E-state index contributed by atoms with van der Waals surface area (Å²) in [6, 6.07) is 3.64. The number of rotatable bonds is 4. The van der Waals surface area contributed by atoms with Crippen LogP contribution in [0.5, 0.6) is 0 Å². The number of pyridine rings is 1. The lowest BCUT2D eigenvalue weighted by Crippen LogP contribution is -2.30. The molecule has 1 aliphatic rings. The topological polar surface area (TPSA) is 68.0 Å². The van der Waals surface area contributed by atoms with Gasteiger partial charge in [-0.3, -0.25) is 9.78 Å². The Morgan fingerprint density at radius 1 is 1.37 bits per heavy atom. The van der Waals surface area contributed by atoms with E-state index in [9.17, 15) is 4.79 Å². The summed E-state index contributed by atoms with van der Waals surface area (Å²) < 4.78 is 0. The molecule has 0 spiro atoms. The summed E-state index contributed by atoms with van der Waals surface area (Å²) in [6.07, 6.45) is 7.57. The predicted octanol–water partition coefficient (Wildman–Crippen LogP) is 2.42. The maximum atomic E-state index is 12.2. The van der Waals surface area contributed by atoms with Crippen LogP contribution in [0.25, 0.3) is 0 Å². The molecular formula is C15H23N3O. The van der Waals surface area contributed by atoms with Gasteiger partial charge in [-0.2, -0.15) is 0 Å². The van der Waals surface area contributed by atoms with E-state index in [4.69, 9.17) is 5.73 Å². The summed E-state index contributed by atoms with van der Waals surface area (Å²) in [6.45, 7) is 2.96. The highest BCUT2D eigenvalue weighted by molar-refractivity contribution is 5.92. The zero-order chi connectivity index (χ0) is 13.7. The molecule has 104 valence electrons. The van der Waals surface area contributed by atoms with Crippen LogP contribution < -0.4 is 11.1 Å². The van der Waals surface area contributed by atoms with E-state index in [0.717, 1.165) is 37.9 Å². The molecule has 0 bridgehead atoms. The Morgan fingerprint density at radius 2 is 2.00 bits per heavy atom. The molecule has 1 aromatic heterocycles. The van der Waals surface area contributed by atoms with Crippen molar-refractivity contribution in [2.75, 3.05) is 11.9 Å². The van der Waals surface area contributed by atoms with Crippen molar-refractivity contribution in [3.63, 3.8) is 0 Å². The van der Waals surface area contributed by atoms with Crippen LogP contribution in [0.15, 0.2) is 24.5 Å². The van der Waals surface area contributed by atoms with E-state index in [1.807, 2.05) is 12.1 Å². The third-order valence-corrected chi connectivity index (χ3v) is 4.27. The van der Waals surface area contributed by atoms with Crippen molar-refractivity contribution in [2.24, 2.45) is 23.5 Å². The fourth-order valence-electron chi connectivity index (χ4n) is 2.82. The first kappa shape index (κ1) is 14.0. The van der Waals surface area contributed by atoms with Gasteiger partial charge in [-0.05, 0) is 56.2 Å². The van der Waals surface area contributed by atoms with Crippen molar-refractivity contribution < 1.29 is 4.79 Å². The summed E-state index contributed by atoms with van der Waals surface area (Å²) in [4.78, 5) is 16.1. The predicted molar refractivity (Wildman–Crippen MR) is 76.5 cm³/mol. The van der Waals surface area contributed by atoms with E-state index in [2.05, 4.69) is 17.2 Å². The van der Waals surface area contributed by atoms with Gasteiger partial charge in [0.25, 0.3) is 0 Å². The lowest BCUT2D eigenvalue weighted by atomic mass is 9.76. The molecule has 1 fully saturated rings. The van der Waals surface area contributed by atoms with E-state index < -0.39 is 0 Å². The van der Waals surface area contributed by atoms with Crippen LogP contribution in [0.1, 0.15) is 32.6 Å². The first-order valence-corrected chi connectivity index (χ1v) is 7.11. The maximum absolute atomic E-state index is 12.2. The summed E-state index contributed by atoms with van der Waals surface area (Å²) in [7, 11) is 0. The zero-order valence-corrected chi connectivity index (χ0v) is 11.5. The van der Waals surface area contributed by atoms with E-state index >= 15 is 0 Å². The largest absolute Gasteiger partial charge is 0.330 e. The third kappa shape index (κ3) is 3.77. The number of carbonyl (C=O) groups excluding carboxylic acids is 1. The van der Waals surface area contributed by atoms with Gasteiger partial charge in [0.1, 0.15) is 0 Å². The first-order valence-electron chi connectivity index (χ1n) is 7.11. The maximum Gasteiger partial charge on any atom is 0.227 e. The molecular weight excluding hydrogens is 238 g/mol.